The van der Waals surface area contributed by atoms with Crippen molar-refractivity contribution in [2.75, 3.05) is 0 Å². The van der Waals surface area contributed by atoms with Gasteiger partial charge in [0.05, 0.1) is 0 Å². The maximum Gasteiger partial charge on any atom is 0.325 e. The van der Waals surface area contributed by atoms with Crippen molar-refractivity contribution in [2.45, 2.75) is 19.8 Å². The molecule has 5 heteroatoms. The van der Waals surface area contributed by atoms with E-state index in [1.54, 1.807) is 0 Å². The molecule has 1 rings (SSSR count). The molecule has 0 saturated heterocycles. The average Bonchev–Trinajstić information content (AvgIpc) is 1.96. The summed E-state index contributed by atoms with van der Waals surface area (Å²) in [5.41, 5.74) is -0.581. The van der Waals surface area contributed by atoms with Crippen molar-refractivity contribution in [3.8, 4) is 0 Å². The van der Waals surface area contributed by atoms with E-state index in [2.05, 4.69) is 4.98 Å². The van der Waals surface area contributed by atoms with Crippen LogP contribution in [-0.4, -0.2) is 9.97 Å². The molecule has 0 fully saturated rings. The molecule has 1 aromatic heterocycles. The van der Waals surface area contributed by atoms with Crippen LogP contribution in [0, 0.1) is 0 Å². The molecule has 66 valence electrons. The van der Waals surface area contributed by atoms with Gasteiger partial charge in [0, 0.05) is 5.69 Å². The molecule has 0 radical (unpaired) electrons. The van der Waals surface area contributed by atoms with Crippen LogP contribution in [0.2, 0.25) is 5.02 Å². The minimum atomic E-state index is -0.538. The lowest BCUT2D eigenvalue weighted by atomic mass is 10.1. The first kappa shape index (κ1) is 9.06. The minimum absolute atomic E-state index is 0.0347. The molecule has 1 heterocycles. The van der Waals surface area contributed by atoms with E-state index in [0.717, 1.165) is 0 Å². The largest absolute Gasteiger partial charge is 0.325 e. The summed E-state index contributed by atoms with van der Waals surface area (Å²) in [6.07, 6.45) is 0. The van der Waals surface area contributed by atoms with Crippen molar-refractivity contribution >= 4 is 11.6 Å². The molecule has 0 aromatic carbocycles. The third-order valence-electron chi connectivity index (χ3n) is 1.49. The lowest BCUT2D eigenvalue weighted by Crippen LogP contribution is -2.25. The molecule has 0 spiro atoms. The summed E-state index contributed by atoms with van der Waals surface area (Å²) >= 11 is 5.65. The van der Waals surface area contributed by atoms with E-state index in [1.807, 2.05) is 18.8 Å². The maximum absolute atomic E-state index is 11.0. The molecule has 0 atom stereocenters. The van der Waals surface area contributed by atoms with Crippen LogP contribution >= 0.6 is 11.6 Å². The monoisotopic (exact) mass is 188 g/mol. The number of nitrogens with one attached hydrogen (secondary N) is 2. The predicted molar refractivity (Wildman–Crippen MR) is 46.8 cm³/mol. The van der Waals surface area contributed by atoms with Crippen molar-refractivity contribution in [1.82, 2.24) is 9.97 Å². The molecule has 0 bridgehead atoms. The summed E-state index contributed by atoms with van der Waals surface area (Å²) in [6, 6.07) is 0. The summed E-state index contributed by atoms with van der Waals surface area (Å²) in [4.78, 5) is 26.3. The van der Waals surface area contributed by atoms with E-state index in [0.29, 0.717) is 5.69 Å². The fourth-order valence-corrected chi connectivity index (χ4v) is 1.20. The molecular formula is C7H9ClN2O2. The Morgan fingerprint density at radius 2 is 1.83 bits per heavy atom. The average molecular weight is 189 g/mol. The van der Waals surface area contributed by atoms with Crippen LogP contribution in [0.15, 0.2) is 9.59 Å². The second kappa shape index (κ2) is 3.15. The lowest BCUT2D eigenvalue weighted by Gasteiger charge is -2.04. The summed E-state index contributed by atoms with van der Waals surface area (Å²) in [6.45, 7) is 3.69. The number of hydrogen-bond acceptors (Lipinski definition) is 2. The van der Waals surface area contributed by atoms with Crippen LogP contribution in [0.5, 0.6) is 0 Å². The number of aromatic amines is 2. The highest BCUT2D eigenvalue weighted by Crippen LogP contribution is 2.15. The van der Waals surface area contributed by atoms with Crippen molar-refractivity contribution in [1.29, 1.82) is 0 Å². The zero-order valence-corrected chi connectivity index (χ0v) is 7.53. The molecule has 1 aromatic rings. The van der Waals surface area contributed by atoms with E-state index in [1.165, 1.54) is 0 Å². The van der Waals surface area contributed by atoms with Crippen LogP contribution in [-0.2, 0) is 0 Å². The first-order valence-corrected chi connectivity index (χ1v) is 3.92. The lowest BCUT2D eigenvalue weighted by molar-refractivity contribution is 0.796. The number of rotatable bonds is 1. The highest BCUT2D eigenvalue weighted by Gasteiger charge is 2.09. The highest BCUT2D eigenvalue weighted by atomic mass is 35.5. The van der Waals surface area contributed by atoms with Gasteiger partial charge in [-0.3, -0.25) is 9.78 Å². The van der Waals surface area contributed by atoms with Gasteiger partial charge in [0.25, 0.3) is 5.56 Å². The Bertz CT molecular complexity index is 391. The second-order valence-corrected chi connectivity index (χ2v) is 3.17. The molecule has 0 unspecified atom stereocenters. The Kier molecular flexibility index (Phi) is 2.38. The van der Waals surface area contributed by atoms with Gasteiger partial charge in [-0.2, -0.15) is 0 Å². The van der Waals surface area contributed by atoms with E-state index in [-0.39, 0.29) is 10.9 Å². The quantitative estimate of drug-likeness (QED) is 0.686. The number of halogens is 1. The third-order valence-corrected chi connectivity index (χ3v) is 1.86. The summed E-state index contributed by atoms with van der Waals surface area (Å²) in [7, 11) is 0. The Morgan fingerprint density at radius 1 is 1.25 bits per heavy atom. The molecule has 0 amide bonds. The van der Waals surface area contributed by atoms with E-state index < -0.39 is 11.2 Å². The molecule has 12 heavy (non-hydrogen) atoms. The van der Waals surface area contributed by atoms with Crippen molar-refractivity contribution in [3.63, 3.8) is 0 Å². The molecule has 0 aliphatic carbocycles. The van der Waals surface area contributed by atoms with Gasteiger partial charge >= 0.3 is 5.69 Å². The zero-order chi connectivity index (χ0) is 9.30. The van der Waals surface area contributed by atoms with E-state index in [4.69, 9.17) is 11.6 Å². The molecule has 2 N–H and O–H groups in total. The molecule has 4 nitrogen and oxygen atoms in total. The van der Waals surface area contributed by atoms with Gasteiger partial charge in [0.2, 0.25) is 0 Å². The summed E-state index contributed by atoms with van der Waals surface area (Å²) in [5, 5.41) is 0.0598. The predicted octanol–water partition coefficient (Wildman–Crippen LogP) is 0.840. The van der Waals surface area contributed by atoms with E-state index >= 15 is 0 Å². The Labute approximate surface area is 73.6 Å². The number of H-pyrrole nitrogens is 2. The summed E-state index contributed by atoms with van der Waals surface area (Å²) < 4.78 is 0. The first-order valence-electron chi connectivity index (χ1n) is 3.54. The molecule has 0 aliphatic heterocycles. The molecule has 0 saturated carbocycles. The normalized spacial score (nSPS) is 10.7. The highest BCUT2D eigenvalue weighted by molar-refractivity contribution is 6.31. The number of hydrogen-bond donors (Lipinski definition) is 2. The van der Waals surface area contributed by atoms with Crippen molar-refractivity contribution in [2.24, 2.45) is 0 Å². The van der Waals surface area contributed by atoms with Crippen LogP contribution < -0.4 is 11.2 Å². The minimum Gasteiger partial charge on any atom is -0.309 e. The number of aromatic nitrogens is 2. The Morgan fingerprint density at radius 3 is 2.33 bits per heavy atom. The van der Waals surface area contributed by atoms with Gasteiger partial charge in [-0.1, -0.05) is 25.4 Å². The fourth-order valence-electron chi connectivity index (χ4n) is 0.887. The fraction of sp³-hybridized carbons (Fsp3) is 0.429. The summed E-state index contributed by atoms with van der Waals surface area (Å²) in [5.74, 6) is 0.0347. The maximum atomic E-state index is 11.0. The van der Waals surface area contributed by atoms with Crippen LogP contribution in [0.3, 0.4) is 0 Å². The van der Waals surface area contributed by atoms with Crippen molar-refractivity contribution < 1.29 is 0 Å². The van der Waals surface area contributed by atoms with Gasteiger partial charge in [0.1, 0.15) is 5.02 Å². The van der Waals surface area contributed by atoms with Crippen molar-refractivity contribution in [3.05, 3.63) is 31.6 Å². The molecular weight excluding hydrogens is 180 g/mol. The standard InChI is InChI=1S/C7H9ClN2O2/c1-3(2)5-4(8)6(11)10-7(12)9-5/h3H,1-2H3,(H2,9,10,11,12). The Balaban J connectivity index is 3.49. The van der Waals surface area contributed by atoms with Gasteiger partial charge < -0.3 is 4.98 Å². The molecule has 0 aliphatic rings. The zero-order valence-electron chi connectivity index (χ0n) is 6.77. The second-order valence-electron chi connectivity index (χ2n) is 2.79. The first-order chi connectivity index (χ1) is 5.52. The third kappa shape index (κ3) is 1.58. The van der Waals surface area contributed by atoms with Gasteiger partial charge in [-0.25, -0.2) is 4.79 Å². The van der Waals surface area contributed by atoms with Gasteiger partial charge in [-0.15, -0.1) is 0 Å². The van der Waals surface area contributed by atoms with Crippen LogP contribution in [0.4, 0.5) is 0 Å². The smallest absolute Gasteiger partial charge is 0.309 e. The van der Waals surface area contributed by atoms with Gasteiger partial charge in [-0.05, 0) is 5.92 Å². The topological polar surface area (TPSA) is 65.7 Å². The Hall–Kier alpha value is -1.03. The van der Waals surface area contributed by atoms with E-state index in [9.17, 15) is 9.59 Å². The van der Waals surface area contributed by atoms with Crippen LogP contribution in [0.1, 0.15) is 25.5 Å². The SMILES string of the molecule is CC(C)c1[nH]c(=O)[nH]c(=O)c1Cl. The van der Waals surface area contributed by atoms with Gasteiger partial charge in [0.15, 0.2) is 0 Å². The van der Waals surface area contributed by atoms with Crippen LogP contribution in [0.25, 0.3) is 0 Å².